The molecular weight excluding hydrogens is 545 g/mol. The number of benzene rings is 1. The molecule has 0 unspecified atom stereocenters. The lowest BCUT2D eigenvalue weighted by Gasteiger charge is -2.33. The van der Waals surface area contributed by atoms with E-state index in [0.29, 0.717) is 23.3 Å². The number of rotatable bonds is 7. The minimum Gasteiger partial charge on any atom is -0.477 e. The number of aromatic carboxylic acids is 1. The molecule has 4 rings (SSSR count). The first-order valence-electron chi connectivity index (χ1n) is 12.5. The Morgan fingerprint density at radius 1 is 1.17 bits per heavy atom. The maximum absolute atomic E-state index is 13.6. The minimum atomic E-state index is -4.74. The van der Waals surface area contributed by atoms with Crippen LogP contribution in [0.2, 0.25) is 0 Å². The quantitative estimate of drug-likeness (QED) is 0.437. The predicted octanol–water partition coefficient (Wildman–Crippen LogP) is 3.24. The zero-order valence-electron chi connectivity index (χ0n) is 21.7. The van der Waals surface area contributed by atoms with Crippen LogP contribution in [0.3, 0.4) is 0 Å². The zero-order chi connectivity index (χ0) is 29.9. The summed E-state index contributed by atoms with van der Waals surface area (Å²) in [4.78, 5) is 58.6. The molecule has 3 heterocycles. The molecule has 0 aliphatic carbocycles. The molecule has 1 saturated heterocycles. The van der Waals surface area contributed by atoms with Gasteiger partial charge >= 0.3 is 23.9 Å². The Labute approximate surface area is 232 Å². The Balaban J connectivity index is 1.61. The summed E-state index contributed by atoms with van der Waals surface area (Å²) >= 11 is 0. The van der Waals surface area contributed by atoms with Crippen LogP contribution in [0.5, 0.6) is 0 Å². The normalized spacial score (nSPS) is 18.3. The molecule has 2 aromatic rings. The predicted molar refractivity (Wildman–Crippen MR) is 144 cm³/mol. The number of hydrogen-bond donors (Lipinski definition) is 3. The average molecular weight is 573 g/mol. The SMILES string of the molecule is C=C/C=C(\C=C)C1=N[C@@H](NC(=O)N2CCC(n3cc(C(=O)O)[nH]c3=O)CC2)C(=O)N(CC(F)(F)F)c2ccccc21. The Bertz CT molecular complexity index is 1500. The smallest absolute Gasteiger partial charge is 0.406 e. The number of carboxylic acids is 1. The molecule has 1 fully saturated rings. The van der Waals surface area contributed by atoms with Crippen molar-refractivity contribution >= 4 is 29.3 Å². The van der Waals surface area contributed by atoms with Gasteiger partial charge < -0.3 is 20.3 Å². The second kappa shape index (κ2) is 11.7. The molecule has 2 aliphatic heterocycles. The number of likely N-dealkylation sites (tertiary alicyclic amines) is 1. The highest BCUT2D eigenvalue weighted by Gasteiger charge is 2.40. The second-order valence-electron chi connectivity index (χ2n) is 9.35. The fourth-order valence-electron chi connectivity index (χ4n) is 4.81. The third-order valence-corrected chi connectivity index (χ3v) is 6.72. The van der Waals surface area contributed by atoms with Gasteiger partial charge in [-0.3, -0.25) is 14.3 Å². The molecule has 0 radical (unpaired) electrons. The van der Waals surface area contributed by atoms with Crippen LogP contribution in [-0.4, -0.2) is 75.2 Å². The van der Waals surface area contributed by atoms with Crippen molar-refractivity contribution in [3.05, 3.63) is 89.2 Å². The zero-order valence-corrected chi connectivity index (χ0v) is 21.7. The van der Waals surface area contributed by atoms with E-state index in [2.05, 4.69) is 28.5 Å². The number of anilines is 1. The maximum atomic E-state index is 13.6. The van der Waals surface area contributed by atoms with Gasteiger partial charge in [0.05, 0.1) is 11.4 Å². The monoisotopic (exact) mass is 572 g/mol. The topological polar surface area (TPSA) is 140 Å². The van der Waals surface area contributed by atoms with Crippen molar-refractivity contribution in [2.24, 2.45) is 4.99 Å². The van der Waals surface area contributed by atoms with Gasteiger partial charge in [-0.1, -0.05) is 49.6 Å². The number of aromatic nitrogens is 2. The van der Waals surface area contributed by atoms with Crippen molar-refractivity contribution in [2.45, 2.75) is 31.2 Å². The molecule has 1 aromatic heterocycles. The van der Waals surface area contributed by atoms with Gasteiger partial charge in [0.25, 0.3) is 5.91 Å². The summed E-state index contributed by atoms with van der Waals surface area (Å²) in [7, 11) is 0. The number of amides is 3. The van der Waals surface area contributed by atoms with Gasteiger partial charge in [-0.2, -0.15) is 13.2 Å². The van der Waals surface area contributed by atoms with Crippen LogP contribution >= 0.6 is 0 Å². The summed E-state index contributed by atoms with van der Waals surface area (Å²) in [5.41, 5.74) is -0.102. The van der Waals surface area contributed by atoms with Crippen molar-refractivity contribution in [3.8, 4) is 0 Å². The molecule has 14 heteroatoms. The van der Waals surface area contributed by atoms with Crippen LogP contribution in [0, 0.1) is 0 Å². The van der Waals surface area contributed by atoms with Gasteiger partial charge in [-0.05, 0) is 24.5 Å². The lowest BCUT2D eigenvalue weighted by molar-refractivity contribution is -0.133. The molecule has 0 spiro atoms. The third kappa shape index (κ3) is 6.31. The van der Waals surface area contributed by atoms with Gasteiger partial charge in [0.15, 0.2) is 0 Å². The summed E-state index contributed by atoms with van der Waals surface area (Å²) in [5.74, 6) is -2.36. The lowest BCUT2D eigenvalue weighted by Crippen LogP contribution is -2.54. The lowest BCUT2D eigenvalue weighted by atomic mass is 9.99. The second-order valence-corrected chi connectivity index (χ2v) is 9.35. The maximum Gasteiger partial charge on any atom is 0.406 e. The number of aliphatic imine (C=N–C) groups is 1. The molecule has 0 bridgehead atoms. The molecule has 41 heavy (non-hydrogen) atoms. The third-order valence-electron chi connectivity index (χ3n) is 6.72. The summed E-state index contributed by atoms with van der Waals surface area (Å²) in [6, 6.07) is 4.88. The number of aromatic amines is 1. The highest BCUT2D eigenvalue weighted by atomic mass is 19.4. The van der Waals surface area contributed by atoms with Crippen LogP contribution < -0.4 is 15.9 Å². The molecule has 1 atom stereocenters. The van der Waals surface area contributed by atoms with Gasteiger partial charge in [0.2, 0.25) is 6.17 Å². The van der Waals surface area contributed by atoms with E-state index >= 15 is 0 Å². The summed E-state index contributed by atoms with van der Waals surface area (Å²) in [6.45, 7) is 6.05. The molecule has 2 aliphatic rings. The number of allylic oxidation sites excluding steroid dienone is 4. The Morgan fingerprint density at radius 3 is 2.44 bits per heavy atom. The molecule has 0 saturated carbocycles. The highest BCUT2D eigenvalue weighted by Crippen LogP contribution is 2.31. The number of imidazole rings is 1. The van der Waals surface area contributed by atoms with Crippen LogP contribution in [0.25, 0.3) is 0 Å². The standard InChI is InChI=1S/C27H27F3N6O5/c1-3-7-16(4-2)21-18-8-5-6-9-20(18)36(15-27(28,29)30)23(37)22(32-21)33-25(40)34-12-10-17(11-13-34)35-14-19(24(38)39)31-26(35)41/h3-9,14,17,22H,1-2,10-13,15H2,(H,31,41)(H,33,40)(H,38,39)/b16-7+/t22-/m0/s1. The van der Waals surface area contributed by atoms with Crippen molar-refractivity contribution in [1.82, 2.24) is 19.8 Å². The van der Waals surface area contributed by atoms with Gasteiger partial charge in [-0.15, -0.1) is 0 Å². The fraction of sp³-hybridized carbons (Fsp3) is 0.296. The number of fused-ring (bicyclic) bond motifs is 1. The number of H-pyrrole nitrogens is 1. The van der Waals surface area contributed by atoms with Crippen molar-refractivity contribution in [1.29, 1.82) is 0 Å². The van der Waals surface area contributed by atoms with Crippen LogP contribution in [-0.2, 0) is 4.79 Å². The number of piperidine rings is 1. The van der Waals surface area contributed by atoms with Crippen molar-refractivity contribution < 1.29 is 32.7 Å². The van der Waals surface area contributed by atoms with Crippen LogP contribution in [0.15, 0.2) is 77.2 Å². The number of urea groups is 1. The van der Waals surface area contributed by atoms with E-state index in [0.717, 1.165) is 0 Å². The molecule has 3 amide bonds. The Hall–Kier alpha value is -4.88. The van der Waals surface area contributed by atoms with Gasteiger partial charge in [0.1, 0.15) is 12.2 Å². The molecule has 3 N–H and O–H groups in total. The Kier molecular flexibility index (Phi) is 8.31. The van der Waals surface area contributed by atoms with E-state index in [9.17, 15) is 32.3 Å². The summed E-state index contributed by atoms with van der Waals surface area (Å²) in [6.07, 6.45) is -0.237. The number of para-hydroxylation sites is 1. The van der Waals surface area contributed by atoms with Crippen LogP contribution in [0.1, 0.15) is 34.9 Å². The largest absolute Gasteiger partial charge is 0.477 e. The Morgan fingerprint density at radius 2 is 1.85 bits per heavy atom. The number of halogens is 3. The van der Waals surface area contributed by atoms with E-state index in [1.807, 2.05) is 0 Å². The number of carbonyl (C=O) groups is 3. The number of nitrogens with one attached hydrogen (secondary N) is 2. The van der Waals surface area contributed by atoms with Gasteiger partial charge in [0, 0.05) is 30.9 Å². The molecule has 11 nitrogen and oxygen atoms in total. The number of hydrogen-bond acceptors (Lipinski definition) is 5. The first kappa shape index (κ1) is 29.1. The van der Waals surface area contributed by atoms with Crippen LogP contribution in [0.4, 0.5) is 23.7 Å². The number of nitrogens with zero attached hydrogens (tertiary/aromatic N) is 4. The number of carbonyl (C=O) groups excluding carboxylic acids is 2. The molecule has 1 aromatic carbocycles. The van der Waals surface area contributed by atoms with E-state index in [4.69, 9.17) is 5.11 Å². The van der Waals surface area contributed by atoms with Gasteiger partial charge in [-0.25, -0.2) is 19.4 Å². The summed E-state index contributed by atoms with van der Waals surface area (Å²) in [5, 5.41) is 11.6. The number of benzodiazepines with no additional fused rings is 1. The average Bonchev–Trinajstić information content (AvgIpc) is 3.29. The first-order chi connectivity index (χ1) is 19.4. The summed E-state index contributed by atoms with van der Waals surface area (Å²) < 4.78 is 42.0. The first-order valence-corrected chi connectivity index (χ1v) is 12.5. The van der Waals surface area contributed by atoms with E-state index in [1.165, 1.54) is 52.1 Å². The van der Waals surface area contributed by atoms with E-state index in [1.54, 1.807) is 6.07 Å². The van der Waals surface area contributed by atoms with Crippen molar-refractivity contribution in [2.75, 3.05) is 24.5 Å². The highest BCUT2D eigenvalue weighted by molar-refractivity contribution is 6.21. The van der Waals surface area contributed by atoms with Crippen molar-refractivity contribution in [3.63, 3.8) is 0 Å². The number of alkyl halides is 3. The number of carboxylic acid groups (broad SMARTS) is 1. The van der Waals surface area contributed by atoms with E-state index in [-0.39, 0.29) is 41.8 Å². The fourth-order valence-corrected chi connectivity index (χ4v) is 4.81. The molecular formula is C27H27F3N6O5. The molecule has 216 valence electrons. The van der Waals surface area contributed by atoms with E-state index < -0.39 is 42.5 Å². The minimum absolute atomic E-state index is 0.0272.